The maximum absolute atomic E-state index is 5.55. The van der Waals surface area contributed by atoms with Crippen molar-refractivity contribution in [1.29, 1.82) is 0 Å². The van der Waals surface area contributed by atoms with Gasteiger partial charge in [0.05, 0.1) is 12.6 Å². The first kappa shape index (κ1) is 12.1. The van der Waals surface area contributed by atoms with Crippen LogP contribution in [0.2, 0.25) is 0 Å². The van der Waals surface area contributed by atoms with Gasteiger partial charge in [-0.2, -0.15) is 0 Å². The first-order valence-corrected chi connectivity index (χ1v) is 7.09. The highest BCUT2D eigenvalue weighted by atomic mass is 32.1. The van der Waals surface area contributed by atoms with Crippen LogP contribution in [0.15, 0.2) is 6.07 Å². The number of rotatable bonds is 6. The molecule has 0 spiro atoms. The molecule has 0 radical (unpaired) electrons. The van der Waals surface area contributed by atoms with E-state index in [1.807, 2.05) is 11.3 Å². The summed E-state index contributed by atoms with van der Waals surface area (Å²) >= 11 is 1.98. The Bertz CT molecular complexity index is 313. The minimum atomic E-state index is 0.389. The molecule has 1 aliphatic carbocycles. The summed E-state index contributed by atoms with van der Waals surface area (Å²) in [7, 11) is 0. The van der Waals surface area contributed by atoms with E-state index in [2.05, 4.69) is 25.2 Å². The summed E-state index contributed by atoms with van der Waals surface area (Å²) in [5.74, 6) is 0. The molecule has 3 heteroatoms. The van der Waals surface area contributed by atoms with Crippen LogP contribution in [0.25, 0.3) is 0 Å². The number of fused-ring (bicyclic) bond motifs is 1. The Kier molecular flexibility index (Phi) is 4.38. The third-order valence-electron chi connectivity index (χ3n) is 3.05. The number of ether oxygens (including phenoxy) is 1. The van der Waals surface area contributed by atoms with E-state index >= 15 is 0 Å². The predicted octanol–water partition coefficient (Wildman–Crippen LogP) is 2.92. The van der Waals surface area contributed by atoms with Gasteiger partial charge >= 0.3 is 0 Å². The van der Waals surface area contributed by atoms with Gasteiger partial charge in [0.2, 0.25) is 0 Å². The minimum absolute atomic E-state index is 0.389. The highest BCUT2D eigenvalue weighted by Crippen LogP contribution is 2.33. The Labute approximate surface area is 102 Å². The van der Waals surface area contributed by atoms with Crippen molar-refractivity contribution in [2.75, 3.05) is 19.8 Å². The maximum Gasteiger partial charge on any atom is 0.0669 e. The van der Waals surface area contributed by atoms with E-state index < -0.39 is 0 Å². The van der Waals surface area contributed by atoms with Gasteiger partial charge in [-0.3, -0.25) is 0 Å². The fourth-order valence-corrected chi connectivity index (χ4v) is 3.57. The Morgan fingerprint density at radius 3 is 3.00 bits per heavy atom. The van der Waals surface area contributed by atoms with Crippen molar-refractivity contribution in [2.24, 2.45) is 0 Å². The van der Waals surface area contributed by atoms with Crippen molar-refractivity contribution in [3.05, 3.63) is 21.4 Å². The van der Waals surface area contributed by atoms with Crippen LogP contribution in [0.3, 0.4) is 0 Å². The van der Waals surface area contributed by atoms with E-state index in [4.69, 9.17) is 4.74 Å². The van der Waals surface area contributed by atoms with Crippen LogP contribution in [-0.4, -0.2) is 19.8 Å². The summed E-state index contributed by atoms with van der Waals surface area (Å²) in [6.45, 7) is 6.80. The van der Waals surface area contributed by atoms with E-state index in [1.165, 1.54) is 24.1 Å². The number of hydrogen-bond donors (Lipinski definition) is 1. The average Bonchev–Trinajstić information content (AvgIpc) is 2.84. The third kappa shape index (κ3) is 2.65. The summed E-state index contributed by atoms with van der Waals surface area (Å²) in [6, 6.07) is 2.78. The highest BCUT2D eigenvalue weighted by Gasteiger charge is 2.19. The lowest BCUT2D eigenvalue weighted by Crippen LogP contribution is -2.24. The van der Waals surface area contributed by atoms with Gasteiger partial charge in [0.1, 0.15) is 0 Å². The van der Waals surface area contributed by atoms with E-state index in [0.717, 1.165) is 19.8 Å². The lowest BCUT2D eigenvalue weighted by Gasteiger charge is -2.16. The Hall–Kier alpha value is -0.380. The standard InChI is InChI=1S/C13H21NOS/c1-3-14-11(9-15-4-2)13-8-10-6-5-7-12(10)16-13/h8,11,14H,3-7,9H2,1-2H3. The summed E-state index contributed by atoms with van der Waals surface area (Å²) < 4.78 is 5.55. The van der Waals surface area contributed by atoms with E-state index in [9.17, 15) is 0 Å². The van der Waals surface area contributed by atoms with Gasteiger partial charge in [-0.25, -0.2) is 0 Å². The van der Waals surface area contributed by atoms with Crippen molar-refractivity contribution >= 4 is 11.3 Å². The molecule has 0 fully saturated rings. The molecule has 0 bridgehead atoms. The monoisotopic (exact) mass is 239 g/mol. The van der Waals surface area contributed by atoms with Gasteiger partial charge in [-0.1, -0.05) is 6.92 Å². The van der Waals surface area contributed by atoms with Crippen LogP contribution in [0.5, 0.6) is 0 Å². The van der Waals surface area contributed by atoms with Crippen LogP contribution in [0.1, 0.15) is 41.6 Å². The zero-order valence-electron chi connectivity index (χ0n) is 10.2. The summed E-state index contributed by atoms with van der Waals surface area (Å²) in [4.78, 5) is 3.06. The molecule has 1 aromatic rings. The van der Waals surface area contributed by atoms with Crippen molar-refractivity contribution in [1.82, 2.24) is 5.32 Å². The first-order valence-electron chi connectivity index (χ1n) is 6.27. The van der Waals surface area contributed by atoms with Crippen LogP contribution in [-0.2, 0) is 17.6 Å². The topological polar surface area (TPSA) is 21.3 Å². The number of nitrogens with one attached hydrogen (secondary N) is 1. The van der Waals surface area contributed by atoms with Crippen LogP contribution in [0.4, 0.5) is 0 Å². The maximum atomic E-state index is 5.55. The van der Waals surface area contributed by atoms with E-state index in [0.29, 0.717) is 6.04 Å². The van der Waals surface area contributed by atoms with Crippen LogP contribution in [0, 0.1) is 0 Å². The second kappa shape index (κ2) is 5.80. The Morgan fingerprint density at radius 1 is 1.44 bits per heavy atom. The Balaban J connectivity index is 2.05. The molecule has 1 atom stereocenters. The molecule has 16 heavy (non-hydrogen) atoms. The van der Waals surface area contributed by atoms with Crippen molar-refractivity contribution in [3.8, 4) is 0 Å². The Morgan fingerprint density at radius 2 is 2.31 bits per heavy atom. The van der Waals surface area contributed by atoms with Crippen molar-refractivity contribution in [3.63, 3.8) is 0 Å². The predicted molar refractivity (Wildman–Crippen MR) is 69.3 cm³/mol. The third-order valence-corrected chi connectivity index (χ3v) is 4.40. The molecule has 1 heterocycles. The molecular formula is C13H21NOS. The average molecular weight is 239 g/mol. The summed E-state index contributed by atoms with van der Waals surface area (Å²) in [6.07, 6.45) is 3.91. The molecule has 0 saturated heterocycles. The molecule has 1 aromatic heterocycles. The van der Waals surface area contributed by atoms with Crippen molar-refractivity contribution in [2.45, 2.75) is 39.2 Å². The van der Waals surface area contributed by atoms with Crippen molar-refractivity contribution < 1.29 is 4.74 Å². The van der Waals surface area contributed by atoms with Gasteiger partial charge in [-0.05, 0) is 44.4 Å². The second-order valence-electron chi connectivity index (χ2n) is 4.22. The smallest absolute Gasteiger partial charge is 0.0669 e. The van der Waals surface area contributed by atoms with Gasteiger partial charge in [0.25, 0.3) is 0 Å². The molecular weight excluding hydrogens is 218 g/mol. The van der Waals surface area contributed by atoms with Gasteiger partial charge in [0.15, 0.2) is 0 Å². The summed E-state index contributed by atoms with van der Waals surface area (Å²) in [5, 5.41) is 3.51. The second-order valence-corrected chi connectivity index (χ2v) is 5.39. The fourth-order valence-electron chi connectivity index (χ4n) is 2.25. The number of likely N-dealkylation sites (N-methyl/N-ethyl adjacent to an activating group) is 1. The van der Waals surface area contributed by atoms with Gasteiger partial charge in [-0.15, -0.1) is 11.3 Å². The first-order chi connectivity index (χ1) is 7.85. The molecule has 0 saturated carbocycles. The quantitative estimate of drug-likeness (QED) is 0.824. The fraction of sp³-hybridized carbons (Fsp3) is 0.692. The largest absolute Gasteiger partial charge is 0.380 e. The number of hydrogen-bond acceptors (Lipinski definition) is 3. The van der Waals surface area contributed by atoms with Crippen LogP contribution < -0.4 is 5.32 Å². The van der Waals surface area contributed by atoms with E-state index in [-0.39, 0.29) is 0 Å². The van der Waals surface area contributed by atoms with Gasteiger partial charge < -0.3 is 10.1 Å². The molecule has 0 aromatic carbocycles. The summed E-state index contributed by atoms with van der Waals surface area (Å²) in [5.41, 5.74) is 1.58. The molecule has 1 unspecified atom stereocenters. The molecule has 2 rings (SSSR count). The molecule has 2 nitrogen and oxygen atoms in total. The zero-order valence-corrected chi connectivity index (χ0v) is 11.0. The zero-order chi connectivity index (χ0) is 11.4. The minimum Gasteiger partial charge on any atom is -0.380 e. The number of thiophene rings is 1. The normalized spacial score (nSPS) is 16.4. The van der Waals surface area contributed by atoms with Gasteiger partial charge in [0, 0.05) is 16.4 Å². The molecule has 0 aliphatic heterocycles. The van der Waals surface area contributed by atoms with Crippen LogP contribution >= 0.6 is 11.3 Å². The SMILES string of the molecule is CCNC(COCC)c1cc2c(s1)CCC2. The molecule has 1 aliphatic rings. The molecule has 1 N–H and O–H groups in total. The lowest BCUT2D eigenvalue weighted by atomic mass is 10.2. The lowest BCUT2D eigenvalue weighted by molar-refractivity contribution is 0.124. The highest BCUT2D eigenvalue weighted by molar-refractivity contribution is 7.12. The molecule has 90 valence electrons. The van der Waals surface area contributed by atoms with E-state index in [1.54, 1.807) is 10.4 Å². The number of aryl methyl sites for hydroxylation is 2. The molecule has 0 amide bonds.